The molecule has 30 heteroatoms. The van der Waals surface area contributed by atoms with Crippen molar-refractivity contribution in [2.75, 3.05) is 33.2 Å². The Morgan fingerprint density at radius 2 is 1.29 bits per heavy atom. The van der Waals surface area contributed by atoms with Gasteiger partial charge in [-0.15, -0.1) is 0 Å². The zero-order valence-corrected chi connectivity index (χ0v) is 50.1. The normalized spacial score (nSPS) is 16.3. The number of benzene rings is 3. The third-order valence-electron chi connectivity index (χ3n) is 14.4. The van der Waals surface area contributed by atoms with Crippen LogP contribution < -0.4 is 70.0 Å². The van der Waals surface area contributed by atoms with Gasteiger partial charge >= 0.3 is 6.03 Å². The number of hydrogen-bond donors (Lipinski definition) is 18. The number of rotatable bonds is 32. The highest BCUT2D eigenvalue weighted by molar-refractivity contribution is 5.99. The van der Waals surface area contributed by atoms with Gasteiger partial charge in [0.25, 0.3) is 0 Å². The average Bonchev–Trinajstić information content (AvgIpc) is 2.21. The van der Waals surface area contributed by atoms with Gasteiger partial charge < -0.3 is 95.2 Å². The second-order valence-electron chi connectivity index (χ2n) is 22.1. The van der Waals surface area contributed by atoms with Crippen molar-refractivity contribution >= 4 is 82.0 Å². The van der Waals surface area contributed by atoms with E-state index in [1.807, 2.05) is 24.3 Å². The van der Waals surface area contributed by atoms with Gasteiger partial charge in [0, 0.05) is 76.4 Å². The lowest BCUT2D eigenvalue weighted by Gasteiger charge is -2.30. The molecule has 0 radical (unpaired) electrons. The van der Waals surface area contributed by atoms with Crippen LogP contribution in [0.1, 0.15) is 70.1 Å². The van der Waals surface area contributed by atoms with Crippen molar-refractivity contribution in [2.24, 2.45) is 17.4 Å². The maximum absolute atomic E-state index is 14.2. The molecule has 20 N–H and O–H groups in total. The number of carbonyl (C=O) groups excluding carboxylic acids is 11. The fraction of sp³-hybridized carbons (Fsp3) is 0.458. The van der Waals surface area contributed by atoms with Crippen LogP contribution in [0.15, 0.2) is 85.1 Å². The molecule has 2 heterocycles. The number of aromatic hydroxyl groups is 1. The van der Waals surface area contributed by atoms with Gasteiger partial charge in [0.1, 0.15) is 54.1 Å². The van der Waals surface area contributed by atoms with Crippen molar-refractivity contribution in [1.82, 2.24) is 68.4 Å². The lowest BCUT2D eigenvalue weighted by molar-refractivity contribution is -0.142. The summed E-state index contributed by atoms with van der Waals surface area (Å²) in [4.78, 5) is 153. The highest BCUT2D eigenvalue weighted by Crippen LogP contribution is 2.23. The lowest BCUT2D eigenvalue weighted by atomic mass is 10.0. The Morgan fingerprint density at radius 3 is 1.93 bits per heavy atom. The summed E-state index contributed by atoms with van der Waals surface area (Å²) in [6.07, 6.45) is -1.48. The Balaban J connectivity index is 1.28. The molecule has 1 aromatic heterocycles. The number of aromatic amines is 1. The summed E-state index contributed by atoms with van der Waals surface area (Å²) in [7, 11) is 1.54. The number of β-amino-alcohol motifs (C(OH)–C–C–N with tert-alkyl or cyclic N) is 1. The van der Waals surface area contributed by atoms with E-state index in [1.54, 1.807) is 57.4 Å². The minimum atomic E-state index is -1.87. The maximum atomic E-state index is 14.2. The molecule has 12 amide bonds. The van der Waals surface area contributed by atoms with E-state index in [-0.39, 0.29) is 75.7 Å². The molecule has 1 saturated heterocycles. The number of H-pyrrole nitrogens is 1. The average molecular weight is 1240 g/mol. The number of hydrogen-bond acceptors (Lipinski definition) is 15. The number of para-hydroxylation sites is 1. The number of fused-ring (bicyclic) bond motifs is 1. The smallest absolute Gasteiger partial charge is 0.312 e. The zero-order valence-electron chi connectivity index (χ0n) is 50.1. The Labute approximate surface area is 513 Å². The molecule has 3 aromatic carbocycles. The molecule has 0 spiro atoms. The zero-order chi connectivity index (χ0) is 65.5. The minimum Gasteiger partial charge on any atom is -0.508 e. The molecule has 1 aliphatic rings. The summed E-state index contributed by atoms with van der Waals surface area (Å²) in [5.74, 6) is -9.04. The molecule has 10 atom stereocenters. The van der Waals surface area contributed by atoms with E-state index >= 15 is 0 Å². The molecule has 482 valence electrons. The molecule has 0 aliphatic carbocycles. The first kappa shape index (κ1) is 69.9. The van der Waals surface area contributed by atoms with Gasteiger partial charge in [0.05, 0.1) is 18.8 Å². The summed E-state index contributed by atoms with van der Waals surface area (Å²) in [6, 6.07) is 8.79. The Morgan fingerprint density at radius 1 is 0.674 bits per heavy atom. The number of amides is 12. The van der Waals surface area contributed by atoms with Gasteiger partial charge in [-0.05, 0) is 67.0 Å². The number of phenolic OH excluding ortho intramolecular Hbond substituents is 1. The molecule has 1 fully saturated rings. The Hall–Kier alpha value is -9.84. The van der Waals surface area contributed by atoms with Crippen LogP contribution in [-0.2, 0) is 67.2 Å². The number of urea groups is 1. The van der Waals surface area contributed by atoms with Crippen molar-refractivity contribution in [3.8, 4) is 5.75 Å². The topological polar surface area (TPSA) is 476 Å². The molecule has 89 heavy (non-hydrogen) atoms. The van der Waals surface area contributed by atoms with Crippen molar-refractivity contribution < 1.29 is 68.1 Å². The number of carbonyl (C=O) groups is 11. The molecular formula is C59H82N16O14. The number of guanidine groups is 1. The predicted octanol–water partition coefficient (Wildman–Crippen LogP) is -3.50. The number of primary amides is 2. The number of aliphatic hydroxyl groups excluding tert-OH is 2. The van der Waals surface area contributed by atoms with Gasteiger partial charge in [0.2, 0.25) is 59.1 Å². The SMILES string of the molecule is CNC(=N)NCCC[C@H](NC(=O)[C@H](CC(C)C)NC(=O)CNC(=O)[C@H](Cc1ccccc1)NC(=O)[C@@H](NC(=O)[C@H](CNC(N)=O)NC(=O)[C@@H]1C[C@@H](O)CN1C(=O)[C@@H](Cc1ccc(O)cc1)NC(C)=O)[C@@H](C)O)C(=O)N[C@@H](Cc1c[nH]c2ccccc12)C(N)=O. The van der Waals surface area contributed by atoms with Crippen LogP contribution in [0.3, 0.4) is 0 Å². The van der Waals surface area contributed by atoms with E-state index in [4.69, 9.17) is 16.9 Å². The summed E-state index contributed by atoms with van der Waals surface area (Å²) in [6.45, 7) is 4.30. The van der Waals surface area contributed by atoms with Crippen LogP contribution in [0, 0.1) is 11.3 Å². The van der Waals surface area contributed by atoms with Crippen LogP contribution in [0.4, 0.5) is 4.79 Å². The van der Waals surface area contributed by atoms with Crippen LogP contribution >= 0.6 is 0 Å². The summed E-state index contributed by atoms with van der Waals surface area (Å²) >= 11 is 0. The van der Waals surface area contributed by atoms with Gasteiger partial charge in [-0.3, -0.25) is 53.4 Å². The summed E-state index contributed by atoms with van der Waals surface area (Å²) in [5.41, 5.74) is 13.7. The predicted molar refractivity (Wildman–Crippen MR) is 324 cm³/mol. The molecule has 0 bridgehead atoms. The van der Waals surface area contributed by atoms with E-state index in [0.717, 1.165) is 22.7 Å². The first-order valence-corrected chi connectivity index (χ1v) is 29.0. The number of likely N-dealkylation sites (tertiary alicyclic amines) is 1. The highest BCUT2D eigenvalue weighted by atomic mass is 16.3. The molecule has 1 aliphatic heterocycles. The minimum absolute atomic E-state index is 0.0102. The van der Waals surface area contributed by atoms with Gasteiger partial charge in [0.15, 0.2) is 5.96 Å². The molecule has 0 unspecified atom stereocenters. The number of nitrogens with two attached hydrogens (primary N) is 2. The molecule has 0 saturated carbocycles. The maximum Gasteiger partial charge on any atom is 0.312 e. The quantitative estimate of drug-likeness (QED) is 0.0128. The van der Waals surface area contributed by atoms with Gasteiger partial charge in [-0.25, -0.2) is 4.79 Å². The van der Waals surface area contributed by atoms with E-state index in [1.165, 1.54) is 31.2 Å². The third-order valence-corrected chi connectivity index (χ3v) is 14.4. The largest absolute Gasteiger partial charge is 0.508 e. The number of aliphatic hydroxyl groups is 2. The van der Waals surface area contributed by atoms with Crippen LogP contribution in [0.5, 0.6) is 5.75 Å². The summed E-state index contributed by atoms with van der Waals surface area (Å²) in [5, 5.41) is 68.0. The van der Waals surface area contributed by atoms with Gasteiger partial charge in [-0.2, -0.15) is 0 Å². The monoisotopic (exact) mass is 1240 g/mol. The van der Waals surface area contributed by atoms with Crippen molar-refractivity contribution in [3.63, 3.8) is 0 Å². The van der Waals surface area contributed by atoms with Crippen LogP contribution in [0.25, 0.3) is 10.9 Å². The van der Waals surface area contributed by atoms with Crippen LogP contribution in [0.2, 0.25) is 0 Å². The third kappa shape index (κ3) is 22.1. The second kappa shape index (κ2) is 33.9. The number of aromatic nitrogens is 1. The van der Waals surface area contributed by atoms with E-state index in [0.29, 0.717) is 16.7 Å². The standard InChI is InChI=1S/C59H82N16O14/c1-31(2)22-43(53(84)70-41(16-11-21-64-58(61)63-5)52(83)71-42(50(60)81)25-36-27-65-40-15-10-9-14-39(36)40)69-48(80)29-66-51(82)44(23-34-12-7-6-8-13-34)72-56(87)49(32(3)76)74-54(85)46(28-67-59(62)89)73-55(86)47-26-38(79)30-75(47)57(88)45(68-33(4)77)24-35-17-19-37(78)20-18-35/h6-10,12-15,17-20,27,31-32,38,41-47,49,65,76,78-79H,11,16,21-26,28-30H2,1-5H3,(H2,60,81)(H,66,82)(H,68,77)(H,69,80)(H,70,84)(H,71,83)(H,72,87)(H,73,86)(H,74,85)(H3,61,63,64)(H3,62,67,89)/t32-,38-,41+,42+,43+,44+,45-,46+,47+,49+/m1/s1. The number of nitrogens with zero attached hydrogens (tertiary/aromatic N) is 1. The van der Waals surface area contributed by atoms with E-state index < -0.39 is 139 Å². The fourth-order valence-corrected chi connectivity index (χ4v) is 9.88. The lowest BCUT2D eigenvalue weighted by Crippen LogP contribution is -2.63. The Bertz CT molecular complexity index is 3140. The fourth-order valence-electron chi connectivity index (χ4n) is 9.88. The highest BCUT2D eigenvalue weighted by Gasteiger charge is 2.43. The molecule has 5 rings (SSSR count). The first-order valence-electron chi connectivity index (χ1n) is 29.0. The first-order chi connectivity index (χ1) is 42.2. The number of nitrogens with one attached hydrogen (secondary N) is 13. The van der Waals surface area contributed by atoms with E-state index in [2.05, 4.69) is 63.5 Å². The number of phenols is 1. The van der Waals surface area contributed by atoms with Crippen molar-refractivity contribution in [2.45, 2.75) is 133 Å². The van der Waals surface area contributed by atoms with Crippen molar-refractivity contribution in [3.05, 3.63) is 102 Å². The van der Waals surface area contributed by atoms with E-state index in [9.17, 15) is 68.1 Å². The van der Waals surface area contributed by atoms with Gasteiger partial charge in [-0.1, -0.05) is 74.5 Å². The molecule has 4 aromatic rings. The van der Waals surface area contributed by atoms with Crippen LogP contribution in [-0.4, -0.2) is 190 Å². The Kier molecular flexibility index (Phi) is 26.6. The molecular weight excluding hydrogens is 1160 g/mol. The second-order valence-corrected chi connectivity index (χ2v) is 22.1. The summed E-state index contributed by atoms with van der Waals surface area (Å²) < 4.78 is 0. The van der Waals surface area contributed by atoms with Crippen molar-refractivity contribution in [1.29, 1.82) is 5.41 Å². The molecule has 30 nitrogen and oxygen atoms in total.